The summed E-state index contributed by atoms with van der Waals surface area (Å²) >= 11 is 0. The maximum absolute atomic E-state index is 6.87. The molecule has 260 valence electrons. The highest BCUT2D eigenvalue weighted by atomic mass is 16.3. The Morgan fingerprint density at radius 2 is 1.02 bits per heavy atom. The van der Waals surface area contributed by atoms with Crippen LogP contribution in [0.4, 0.5) is 17.1 Å². The quantitative estimate of drug-likeness (QED) is 0.177. The highest BCUT2D eigenvalue weighted by molar-refractivity contribution is 6.19. The van der Waals surface area contributed by atoms with Gasteiger partial charge < -0.3 is 9.32 Å². The van der Waals surface area contributed by atoms with Crippen LogP contribution in [0.1, 0.15) is 25.0 Å². The Morgan fingerprint density at radius 1 is 0.400 bits per heavy atom. The van der Waals surface area contributed by atoms with Crippen LogP contribution in [-0.4, -0.2) is 0 Å². The predicted octanol–water partition coefficient (Wildman–Crippen LogP) is 15.0. The zero-order chi connectivity index (χ0) is 36.7. The molecule has 55 heavy (non-hydrogen) atoms. The molecule has 1 aliphatic rings. The first kappa shape index (κ1) is 31.6. The van der Waals surface area contributed by atoms with Gasteiger partial charge in [0.05, 0.1) is 0 Å². The average molecular weight is 704 g/mol. The summed E-state index contributed by atoms with van der Waals surface area (Å²) in [5.74, 6) is 0. The summed E-state index contributed by atoms with van der Waals surface area (Å²) in [6.45, 7) is 4.70. The molecule has 0 atom stereocenters. The number of hydrogen-bond donors (Lipinski definition) is 0. The summed E-state index contributed by atoms with van der Waals surface area (Å²) in [5.41, 5.74) is 15.0. The van der Waals surface area contributed by atoms with Crippen molar-refractivity contribution < 1.29 is 4.42 Å². The maximum atomic E-state index is 6.87. The molecule has 10 aromatic rings. The fourth-order valence-corrected chi connectivity index (χ4v) is 9.04. The first-order valence-corrected chi connectivity index (χ1v) is 19.1. The lowest BCUT2D eigenvalue weighted by molar-refractivity contribution is 0.660. The number of rotatable bonds is 5. The lowest BCUT2D eigenvalue weighted by atomic mass is 9.82. The zero-order valence-electron chi connectivity index (χ0n) is 30.8. The van der Waals surface area contributed by atoms with Crippen molar-refractivity contribution in [3.63, 3.8) is 0 Å². The minimum atomic E-state index is -0.113. The summed E-state index contributed by atoms with van der Waals surface area (Å²) < 4.78 is 6.87. The minimum Gasteiger partial charge on any atom is -0.455 e. The molecule has 0 amide bonds. The largest absolute Gasteiger partial charge is 0.455 e. The van der Waals surface area contributed by atoms with Gasteiger partial charge in [0.15, 0.2) is 0 Å². The molecule has 0 radical (unpaired) electrons. The van der Waals surface area contributed by atoms with E-state index >= 15 is 0 Å². The fraction of sp³-hybridized carbons (Fsp3) is 0.0566. The van der Waals surface area contributed by atoms with Gasteiger partial charge in [-0.05, 0) is 109 Å². The van der Waals surface area contributed by atoms with Crippen LogP contribution in [0.25, 0.3) is 76.9 Å². The topological polar surface area (TPSA) is 16.4 Å². The highest BCUT2D eigenvalue weighted by Crippen LogP contribution is 2.51. The van der Waals surface area contributed by atoms with Gasteiger partial charge >= 0.3 is 0 Å². The molecule has 2 nitrogen and oxygen atoms in total. The second-order valence-electron chi connectivity index (χ2n) is 15.3. The van der Waals surface area contributed by atoms with Crippen LogP contribution in [0, 0.1) is 0 Å². The van der Waals surface area contributed by atoms with Gasteiger partial charge in [0.2, 0.25) is 0 Å². The molecule has 0 saturated heterocycles. The van der Waals surface area contributed by atoms with E-state index in [1.54, 1.807) is 0 Å². The smallest absolute Gasteiger partial charge is 0.143 e. The molecule has 1 aromatic heterocycles. The first-order valence-electron chi connectivity index (χ1n) is 19.1. The van der Waals surface area contributed by atoms with Crippen molar-refractivity contribution in [1.82, 2.24) is 0 Å². The SMILES string of the molecule is CC1(C)c2ccccc2-c2ccc(N(c3ccc4ccccc4c3)c3ccc4oc5c(-c6ccc(-c7ccccc7)cc6)c6ccccc6cc5c4c3)cc21. The summed E-state index contributed by atoms with van der Waals surface area (Å²) in [5, 5.41) is 7.02. The monoisotopic (exact) mass is 703 g/mol. The molecule has 0 aliphatic heterocycles. The van der Waals surface area contributed by atoms with Gasteiger partial charge in [0.1, 0.15) is 11.2 Å². The molecular formula is C53H37NO. The van der Waals surface area contributed by atoms with Crippen molar-refractivity contribution in [2.24, 2.45) is 0 Å². The van der Waals surface area contributed by atoms with Gasteiger partial charge in [-0.3, -0.25) is 0 Å². The van der Waals surface area contributed by atoms with Crippen molar-refractivity contribution >= 4 is 60.5 Å². The van der Waals surface area contributed by atoms with Gasteiger partial charge in [0, 0.05) is 38.8 Å². The van der Waals surface area contributed by atoms with Crippen LogP contribution >= 0.6 is 0 Å². The van der Waals surface area contributed by atoms with Crippen molar-refractivity contribution in [3.05, 3.63) is 199 Å². The third-order valence-electron chi connectivity index (χ3n) is 11.8. The van der Waals surface area contributed by atoms with Crippen LogP contribution in [0.5, 0.6) is 0 Å². The molecule has 0 saturated carbocycles. The molecule has 1 heterocycles. The van der Waals surface area contributed by atoms with Gasteiger partial charge in [-0.15, -0.1) is 0 Å². The standard InChI is InChI=1S/C53H37NO/c1-53(2)48-19-11-10-18-44(48)45-28-26-42(33-49(45)53)54(40-25-24-35-14-6-7-15-38(35)30-40)41-27-29-50-46(32-41)47-31-39-16-8-9-17-43(39)51(52(47)55-50)37-22-20-36(21-23-37)34-12-4-3-5-13-34/h3-33H,1-2H3. The third-order valence-corrected chi connectivity index (χ3v) is 11.8. The van der Waals surface area contributed by atoms with E-state index in [4.69, 9.17) is 4.42 Å². The first-order chi connectivity index (χ1) is 27.0. The Morgan fingerprint density at radius 3 is 1.87 bits per heavy atom. The molecule has 0 spiro atoms. The molecule has 11 rings (SSSR count). The van der Waals surface area contributed by atoms with E-state index in [9.17, 15) is 0 Å². The molecule has 9 aromatic carbocycles. The Labute approximate surface area is 320 Å². The number of nitrogens with zero attached hydrogens (tertiary/aromatic N) is 1. The normalized spacial score (nSPS) is 13.1. The van der Waals surface area contributed by atoms with E-state index in [1.807, 2.05) is 0 Å². The van der Waals surface area contributed by atoms with Gasteiger partial charge in [0.25, 0.3) is 0 Å². The molecule has 2 heteroatoms. The maximum Gasteiger partial charge on any atom is 0.143 e. The molecule has 0 bridgehead atoms. The summed E-state index contributed by atoms with van der Waals surface area (Å²) in [7, 11) is 0. The van der Waals surface area contributed by atoms with Gasteiger partial charge in [-0.1, -0.05) is 153 Å². The van der Waals surface area contributed by atoms with Crippen molar-refractivity contribution in [1.29, 1.82) is 0 Å². The van der Waals surface area contributed by atoms with Crippen LogP contribution in [0.15, 0.2) is 192 Å². The average Bonchev–Trinajstić information content (AvgIpc) is 3.71. The van der Waals surface area contributed by atoms with E-state index in [0.717, 1.165) is 50.1 Å². The second-order valence-corrected chi connectivity index (χ2v) is 15.3. The number of hydrogen-bond acceptors (Lipinski definition) is 2. The van der Waals surface area contributed by atoms with E-state index < -0.39 is 0 Å². The van der Waals surface area contributed by atoms with E-state index in [1.165, 1.54) is 54.9 Å². The predicted molar refractivity (Wildman–Crippen MR) is 232 cm³/mol. The summed E-state index contributed by atoms with van der Waals surface area (Å²) in [6.07, 6.45) is 0. The molecular weight excluding hydrogens is 667 g/mol. The number of fused-ring (bicyclic) bond motifs is 8. The Kier molecular flexibility index (Phi) is 6.93. The van der Waals surface area contributed by atoms with E-state index in [2.05, 4.69) is 207 Å². The Hall–Kier alpha value is -6.90. The Bertz CT molecular complexity index is 3110. The molecule has 0 unspecified atom stereocenters. The van der Waals surface area contributed by atoms with Crippen LogP contribution in [0.2, 0.25) is 0 Å². The summed E-state index contributed by atoms with van der Waals surface area (Å²) in [4.78, 5) is 2.41. The number of benzene rings is 9. The van der Waals surface area contributed by atoms with Gasteiger partial charge in [-0.2, -0.15) is 0 Å². The minimum absolute atomic E-state index is 0.113. The molecule has 0 fully saturated rings. The number of furan rings is 1. The summed E-state index contributed by atoms with van der Waals surface area (Å²) in [6, 6.07) is 68.4. The van der Waals surface area contributed by atoms with Crippen LogP contribution in [-0.2, 0) is 5.41 Å². The molecule has 1 aliphatic carbocycles. The van der Waals surface area contributed by atoms with Crippen LogP contribution < -0.4 is 4.90 Å². The third kappa shape index (κ3) is 4.95. The lowest BCUT2D eigenvalue weighted by Crippen LogP contribution is -2.16. The van der Waals surface area contributed by atoms with Crippen LogP contribution in [0.3, 0.4) is 0 Å². The van der Waals surface area contributed by atoms with Crippen molar-refractivity contribution in [2.75, 3.05) is 4.90 Å². The number of anilines is 3. The highest BCUT2D eigenvalue weighted by Gasteiger charge is 2.35. The lowest BCUT2D eigenvalue weighted by Gasteiger charge is -2.28. The van der Waals surface area contributed by atoms with Gasteiger partial charge in [-0.25, -0.2) is 0 Å². The van der Waals surface area contributed by atoms with Crippen molar-refractivity contribution in [3.8, 4) is 33.4 Å². The fourth-order valence-electron chi connectivity index (χ4n) is 9.04. The van der Waals surface area contributed by atoms with E-state index in [0.29, 0.717) is 0 Å². The Balaban J connectivity index is 1.11. The molecule has 0 N–H and O–H groups in total. The zero-order valence-corrected chi connectivity index (χ0v) is 30.8. The van der Waals surface area contributed by atoms with E-state index in [-0.39, 0.29) is 5.41 Å². The second kappa shape index (κ2) is 12.1. The van der Waals surface area contributed by atoms with Crippen molar-refractivity contribution in [2.45, 2.75) is 19.3 Å².